The summed E-state index contributed by atoms with van der Waals surface area (Å²) in [5.74, 6) is 4.77. The standard InChI is InChI=1S/C8H18N2O2/c1-6(2)12-7(3)4-5-8(11)10-9/h6-7H,4-5,9H2,1-3H3,(H,10,11). The van der Waals surface area contributed by atoms with E-state index in [9.17, 15) is 4.79 Å². The molecular weight excluding hydrogens is 156 g/mol. The first-order valence-electron chi connectivity index (χ1n) is 4.21. The summed E-state index contributed by atoms with van der Waals surface area (Å²) in [6.07, 6.45) is 1.45. The van der Waals surface area contributed by atoms with Gasteiger partial charge in [0, 0.05) is 6.42 Å². The number of nitrogens with one attached hydrogen (secondary N) is 1. The van der Waals surface area contributed by atoms with Crippen LogP contribution < -0.4 is 11.3 Å². The molecular formula is C8H18N2O2. The number of amides is 1. The summed E-state index contributed by atoms with van der Waals surface area (Å²) < 4.78 is 5.42. The summed E-state index contributed by atoms with van der Waals surface area (Å²) in [7, 11) is 0. The van der Waals surface area contributed by atoms with Crippen LogP contribution in [0.1, 0.15) is 33.6 Å². The van der Waals surface area contributed by atoms with Gasteiger partial charge in [-0.05, 0) is 27.2 Å². The number of ether oxygens (including phenoxy) is 1. The molecule has 1 amide bonds. The summed E-state index contributed by atoms with van der Waals surface area (Å²) in [6.45, 7) is 5.89. The van der Waals surface area contributed by atoms with Gasteiger partial charge in [0.15, 0.2) is 0 Å². The Hall–Kier alpha value is -0.610. The van der Waals surface area contributed by atoms with Crippen molar-refractivity contribution in [3.63, 3.8) is 0 Å². The molecule has 3 N–H and O–H groups in total. The first kappa shape index (κ1) is 11.4. The van der Waals surface area contributed by atoms with E-state index in [0.717, 1.165) is 0 Å². The number of hydrogen-bond donors (Lipinski definition) is 2. The van der Waals surface area contributed by atoms with Gasteiger partial charge in [-0.15, -0.1) is 0 Å². The molecule has 4 heteroatoms. The second kappa shape index (κ2) is 5.97. The summed E-state index contributed by atoms with van der Waals surface area (Å²) in [6, 6.07) is 0. The average molecular weight is 174 g/mol. The van der Waals surface area contributed by atoms with Crippen molar-refractivity contribution in [2.24, 2.45) is 5.84 Å². The number of nitrogens with two attached hydrogens (primary N) is 1. The van der Waals surface area contributed by atoms with Gasteiger partial charge in [-0.1, -0.05) is 0 Å². The van der Waals surface area contributed by atoms with Crippen LogP contribution in [0.5, 0.6) is 0 Å². The minimum atomic E-state index is -0.144. The van der Waals surface area contributed by atoms with Gasteiger partial charge in [-0.25, -0.2) is 5.84 Å². The van der Waals surface area contributed by atoms with E-state index >= 15 is 0 Å². The minimum absolute atomic E-state index is 0.113. The van der Waals surface area contributed by atoms with E-state index < -0.39 is 0 Å². The van der Waals surface area contributed by atoms with E-state index in [1.807, 2.05) is 20.8 Å². The quantitative estimate of drug-likeness (QED) is 0.364. The molecule has 0 rings (SSSR count). The predicted molar refractivity (Wildman–Crippen MR) is 47.2 cm³/mol. The highest BCUT2D eigenvalue weighted by Crippen LogP contribution is 2.04. The molecule has 0 radical (unpaired) electrons. The Bertz CT molecular complexity index is 137. The molecule has 72 valence electrons. The third kappa shape index (κ3) is 6.12. The Morgan fingerprint density at radius 1 is 1.50 bits per heavy atom. The van der Waals surface area contributed by atoms with Crippen molar-refractivity contribution in [1.82, 2.24) is 5.43 Å². The molecule has 0 saturated carbocycles. The van der Waals surface area contributed by atoms with Crippen LogP contribution in [-0.2, 0) is 9.53 Å². The molecule has 0 aliphatic carbocycles. The molecule has 0 aromatic heterocycles. The second-order valence-corrected chi connectivity index (χ2v) is 3.10. The van der Waals surface area contributed by atoms with Gasteiger partial charge in [-0.2, -0.15) is 0 Å². The van der Waals surface area contributed by atoms with Crippen molar-refractivity contribution < 1.29 is 9.53 Å². The SMILES string of the molecule is CC(C)OC(C)CCC(=O)NN. The van der Waals surface area contributed by atoms with Gasteiger partial charge in [0.25, 0.3) is 0 Å². The zero-order valence-corrected chi connectivity index (χ0v) is 7.96. The number of hydrogen-bond acceptors (Lipinski definition) is 3. The van der Waals surface area contributed by atoms with Crippen LogP contribution in [0.2, 0.25) is 0 Å². The molecule has 0 fully saturated rings. The van der Waals surface area contributed by atoms with Crippen molar-refractivity contribution in [2.45, 2.75) is 45.8 Å². The van der Waals surface area contributed by atoms with E-state index in [-0.39, 0.29) is 18.1 Å². The van der Waals surface area contributed by atoms with Crippen molar-refractivity contribution >= 4 is 5.91 Å². The average Bonchev–Trinajstić information content (AvgIpc) is 1.99. The van der Waals surface area contributed by atoms with E-state index in [4.69, 9.17) is 10.6 Å². The maximum atomic E-state index is 10.7. The topological polar surface area (TPSA) is 64.3 Å². The van der Waals surface area contributed by atoms with Crippen molar-refractivity contribution in [3.8, 4) is 0 Å². The monoisotopic (exact) mass is 174 g/mol. The van der Waals surface area contributed by atoms with E-state index in [0.29, 0.717) is 12.8 Å². The molecule has 1 atom stereocenters. The maximum Gasteiger partial charge on any atom is 0.233 e. The maximum absolute atomic E-state index is 10.7. The molecule has 0 aliphatic heterocycles. The van der Waals surface area contributed by atoms with Gasteiger partial charge < -0.3 is 4.74 Å². The molecule has 0 aromatic rings. The van der Waals surface area contributed by atoms with Crippen LogP contribution >= 0.6 is 0 Å². The fraction of sp³-hybridized carbons (Fsp3) is 0.875. The van der Waals surface area contributed by atoms with Crippen LogP contribution in [0.4, 0.5) is 0 Å². The van der Waals surface area contributed by atoms with Crippen LogP contribution in [-0.4, -0.2) is 18.1 Å². The van der Waals surface area contributed by atoms with E-state index in [2.05, 4.69) is 5.43 Å². The van der Waals surface area contributed by atoms with Crippen molar-refractivity contribution in [2.75, 3.05) is 0 Å². The largest absolute Gasteiger partial charge is 0.376 e. The molecule has 0 aliphatic rings. The smallest absolute Gasteiger partial charge is 0.233 e. The molecule has 1 unspecified atom stereocenters. The van der Waals surface area contributed by atoms with Gasteiger partial charge in [-0.3, -0.25) is 10.2 Å². The molecule has 0 heterocycles. The molecule has 12 heavy (non-hydrogen) atoms. The lowest BCUT2D eigenvalue weighted by Crippen LogP contribution is -2.30. The Kier molecular flexibility index (Phi) is 5.66. The Balaban J connectivity index is 3.43. The van der Waals surface area contributed by atoms with Crippen LogP contribution in [0.3, 0.4) is 0 Å². The minimum Gasteiger partial charge on any atom is -0.376 e. The van der Waals surface area contributed by atoms with Gasteiger partial charge in [0.05, 0.1) is 12.2 Å². The molecule has 4 nitrogen and oxygen atoms in total. The number of rotatable bonds is 5. The predicted octanol–water partition coefficient (Wildman–Crippen LogP) is 0.570. The lowest BCUT2D eigenvalue weighted by molar-refractivity contribution is -0.122. The van der Waals surface area contributed by atoms with E-state index in [1.54, 1.807) is 0 Å². The number of carbonyl (C=O) groups is 1. The third-order valence-corrected chi connectivity index (χ3v) is 1.44. The first-order valence-corrected chi connectivity index (χ1v) is 4.21. The van der Waals surface area contributed by atoms with E-state index in [1.165, 1.54) is 0 Å². The Labute approximate surface area is 73.4 Å². The lowest BCUT2D eigenvalue weighted by atomic mass is 10.2. The lowest BCUT2D eigenvalue weighted by Gasteiger charge is -2.15. The first-order chi connectivity index (χ1) is 5.56. The van der Waals surface area contributed by atoms with Crippen molar-refractivity contribution in [3.05, 3.63) is 0 Å². The van der Waals surface area contributed by atoms with Crippen LogP contribution in [0.25, 0.3) is 0 Å². The van der Waals surface area contributed by atoms with Gasteiger partial charge in [0.2, 0.25) is 5.91 Å². The fourth-order valence-corrected chi connectivity index (χ4v) is 0.939. The van der Waals surface area contributed by atoms with Gasteiger partial charge in [0.1, 0.15) is 0 Å². The molecule has 0 bridgehead atoms. The number of hydrazine groups is 1. The normalized spacial score (nSPS) is 13.1. The van der Waals surface area contributed by atoms with Crippen LogP contribution in [0, 0.1) is 0 Å². The van der Waals surface area contributed by atoms with Gasteiger partial charge >= 0.3 is 0 Å². The molecule has 0 aromatic carbocycles. The summed E-state index contributed by atoms with van der Waals surface area (Å²) >= 11 is 0. The molecule has 0 saturated heterocycles. The highest BCUT2D eigenvalue weighted by molar-refractivity contribution is 5.75. The zero-order valence-electron chi connectivity index (χ0n) is 7.96. The highest BCUT2D eigenvalue weighted by atomic mass is 16.5. The Morgan fingerprint density at radius 2 is 2.08 bits per heavy atom. The summed E-state index contributed by atoms with van der Waals surface area (Å²) in [4.78, 5) is 10.7. The van der Waals surface area contributed by atoms with Crippen molar-refractivity contribution in [1.29, 1.82) is 0 Å². The molecule has 0 spiro atoms. The number of carbonyl (C=O) groups excluding carboxylic acids is 1. The van der Waals surface area contributed by atoms with Crippen LogP contribution in [0.15, 0.2) is 0 Å². The fourth-order valence-electron chi connectivity index (χ4n) is 0.939. The summed E-state index contributed by atoms with van der Waals surface area (Å²) in [5, 5.41) is 0. The third-order valence-electron chi connectivity index (χ3n) is 1.44. The summed E-state index contributed by atoms with van der Waals surface area (Å²) in [5.41, 5.74) is 2.08. The zero-order chi connectivity index (χ0) is 9.56. The second-order valence-electron chi connectivity index (χ2n) is 3.10. The Morgan fingerprint density at radius 3 is 2.50 bits per heavy atom. The highest BCUT2D eigenvalue weighted by Gasteiger charge is 2.06.